The molecule has 0 saturated carbocycles. The van der Waals surface area contributed by atoms with E-state index in [9.17, 15) is 0 Å². The van der Waals surface area contributed by atoms with Gasteiger partial charge in [-0.25, -0.2) is 4.98 Å². The Morgan fingerprint density at radius 1 is 1.30 bits per heavy atom. The minimum Gasteiger partial charge on any atom is -0.374 e. The van der Waals surface area contributed by atoms with Crippen LogP contribution in [0.2, 0.25) is 0 Å². The summed E-state index contributed by atoms with van der Waals surface area (Å²) in [5.41, 5.74) is 0. The predicted octanol–water partition coefficient (Wildman–Crippen LogP) is 3.61. The first-order valence-corrected chi connectivity index (χ1v) is 8.36. The molecule has 0 spiro atoms. The average molecular weight is 408 g/mol. The van der Waals surface area contributed by atoms with Gasteiger partial charge in [-0.05, 0) is 24.8 Å². The van der Waals surface area contributed by atoms with Gasteiger partial charge < -0.3 is 16.0 Å². The first kappa shape index (κ1) is 20.5. The van der Waals surface area contributed by atoms with Crippen molar-refractivity contribution in [3.05, 3.63) is 40.0 Å². The Balaban J connectivity index is 0.00000264. The summed E-state index contributed by atoms with van der Waals surface area (Å²) in [4.78, 5) is 14.4. The third-order valence-electron chi connectivity index (χ3n) is 3.16. The van der Waals surface area contributed by atoms with Crippen molar-refractivity contribution in [1.82, 2.24) is 15.0 Å². The average Bonchev–Trinajstić information content (AvgIpc) is 2.98. The van der Waals surface area contributed by atoms with Crippen LogP contribution in [0.1, 0.15) is 43.7 Å². The van der Waals surface area contributed by atoms with Crippen LogP contribution in [0.5, 0.6) is 0 Å². The van der Waals surface area contributed by atoms with Crippen molar-refractivity contribution in [1.29, 1.82) is 0 Å². The van der Waals surface area contributed by atoms with Crippen LogP contribution < -0.4 is 5.32 Å². The maximum absolute atomic E-state index is 5.78. The number of anilines is 1. The van der Waals surface area contributed by atoms with E-state index in [2.05, 4.69) is 38.6 Å². The van der Waals surface area contributed by atoms with Gasteiger partial charge in [-0.3, -0.25) is 4.98 Å². The number of ether oxygens (including phenoxy) is 1. The van der Waals surface area contributed by atoms with Crippen LogP contribution in [0.15, 0.2) is 17.5 Å². The van der Waals surface area contributed by atoms with E-state index in [0.717, 1.165) is 24.0 Å². The smallest absolute Gasteiger partial charge is 0.223 e. The molecule has 1 unspecified atom stereocenters. The summed E-state index contributed by atoms with van der Waals surface area (Å²) in [7, 11) is 0. The Morgan fingerprint density at radius 2 is 2.09 bits per heavy atom. The second-order valence-corrected chi connectivity index (χ2v) is 6.41. The topological polar surface area (TPSA) is 59.9 Å². The molecule has 1 N–H and O–H groups in total. The van der Waals surface area contributed by atoms with Gasteiger partial charge in [0.2, 0.25) is 5.95 Å². The van der Waals surface area contributed by atoms with Gasteiger partial charge in [0.1, 0.15) is 5.82 Å². The molecular formula is C16H23N4OSY-. The molecule has 2 aromatic rings. The second kappa shape index (κ2) is 10.3. The standard InChI is InChI=1S/C16H23N4OS.Y/c1-5-13(9-21-10-14-7-6-8-22-14)19-16-18-12(4)17-15(20-16)11(2)3;/h6-8,13H,5,9-10H2,1-4H3,(H,17,18,19,20);/q-1;. The minimum atomic E-state index is 0. The predicted molar refractivity (Wildman–Crippen MR) is 89.9 cm³/mol. The van der Waals surface area contributed by atoms with Crippen LogP contribution in [0.4, 0.5) is 5.95 Å². The van der Waals surface area contributed by atoms with E-state index in [1.165, 1.54) is 4.88 Å². The van der Waals surface area contributed by atoms with E-state index in [4.69, 9.17) is 4.74 Å². The fraction of sp³-hybridized carbons (Fsp3) is 0.500. The number of nitrogens with zero attached hydrogens (tertiary/aromatic N) is 3. The molecule has 0 amide bonds. The maximum atomic E-state index is 5.78. The van der Waals surface area contributed by atoms with Crippen molar-refractivity contribution in [2.45, 2.75) is 46.8 Å². The summed E-state index contributed by atoms with van der Waals surface area (Å²) in [6.07, 6.45) is 0.944. The number of thiophene rings is 1. The molecule has 0 saturated heterocycles. The molecule has 5 nitrogen and oxygen atoms in total. The zero-order chi connectivity index (χ0) is 15.9. The molecule has 0 aromatic carbocycles. The fourth-order valence-electron chi connectivity index (χ4n) is 1.91. The van der Waals surface area contributed by atoms with Crippen LogP contribution in [-0.2, 0) is 44.1 Å². The summed E-state index contributed by atoms with van der Waals surface area (Å²) in [6, 6.07) is 4.31. The Morgan fingerprint density at radius 3 is 2.70 bits per heavy atom. The van der Waals surface area contributed by atoms with Crippen molar-refractivity contribution >= 4 is 17.3 Å². The third kappa shape index (κ3) is 6.83. The Bertz CT molecular complexity index is 577. The molecule has 0 aliphatic rings. The number of aromatic nitrogens is 3. The molecule has 23 heavy (non-hydrogen) atoms. The molecule has 0 bridgehead atoms. The fourth-order valence-corrected chi connectivity index (χ4v) is 2.55. The number of aryl methyl sites for hydroxylation is 1. The SMILES string of the molecule is CCC(COCc1cccs1)Nc1nc(C)nc([C-](C)C)n1.[Y]. The van der Waals surface area contributed by atoms with Crippen molar-refractivity contribution in [3.8, 4) is 0 Å². The van der Waals surface area contributed by atoms with Crippen molar-refractivity contribution in [2.24, 2.45) is 0 Å². The van der Waals surface area contributed by atoms with Crippen LogP contribution in [0, 0.1) is 12.8 Å². The molecule has 0 fully saturated rings. The number of hydrogen-bond donors (Lipinski definition) is 1. The van der Waals surface area contributed by atoms with Gasteiger partial charge >= 0.3 is 0 Å². The second-order valence-electron chi connectivity index (χ2n) is 5.37. The molecule has 2 rings (SSSR count). The Hall–Kier alpha value is -0.556. The van der Waals surface area contributed by atoms with Crippen LogP contribution in [0.25, 0.3) is 0 Å². The van der Waals surface area contributed by atoms with Crippen molar-refractivity contribution < 1.29 is 37.4 Å². The Labute approximate surface area is 167 Å². The molecule has 1 radical (unpaired) electrons. The number of rotatable bonds is 8. The summed E-state index contributed by atoms with van der Waals surface area (Å²) < 4.78 is 5.78. The number of hydrogen-bond acceptors (Lipinski definition) is 6. The quantitative estimate of drug-likeness (QED) is 0.677. The summed E-state index contributed by atoms with van der Waals surface area (Å²) in [5.74, 6) is 3.17. The Kier molecular flexibility index (Phi) is 9.21. The summed E-state index contributed by atoms with van der Waals surface area (Å²) >= 11 is 1.71. The minimum absolute atomic E-state index is 0. The zero-order valence-corrected chi connectivity index (χ0v) is 17.8. The largest absolute Gasteiger partial charge is 0.374 e. The third-order valence-corrected chi connectivity index (χ3v) is 4.01. The molecule has 0 aliphatic heterocycles. The van der Waals surface area contributed by atoms with Gasteiger partial charge in [0.15, 0.2) is 0 Å². The van der Waals surface area contributed by atoms with E-state index >= 15 is 0 Å². The van der Waals surface area contributed by atoms with Gasteiger partial charge in [-0.15, -0.1) is 11.3 Å². The van der Waals surface area contributed by atoms with Gasteiger partial charge in [0.05, 0.1) is 19.3 Å². The van der Waals surface area contributed by atoms with Crippen LogP contribution in [0.3, 0.4) is 0 Å². The van der Waals surface area contributed by atoms with Gasteiger partial charge in [-0.1, -0.05) is 13.0 Å². The van der Waals surface area contributed by atoms with E-state index < -0.39 is 0 Å². The molecular weight excluding hydrogens is 385 g/mol. The van der Waals surface area contributed by atoms with Gasteiger partial charge in [0.25, 0.3) is 0 Å². The molecule has 1 atom stereocenters. The summed E-state index contributed by atoms with van der Waals surface area (Å²) in [5, 5.41) is 5.41. The number of nitrogens with one attached hydrogen (secondary N) is 1. The first-order valence-electron chi connectivity index (χ1n) is 7.48. The van der Waals surface area contributed by atoms with E-state index in [1.54, 1.807) is 11.3 Å². The first-order chi connectivity index (χ1) is 10.6. The normalized spacial score (nSPS) is 11.7. The van der Waals surface area contributed by atoms with E-state index in [-0.39, 0.29) is 38.8 Å². The van der Waals surface area contributed by atoms with E-state index in [1.807, 2.05) is 26.8 Å². The molecule has 2 aromatic heterocycles. The van der Waals surface area contributed by atoms with Crippen molar-refractivity contribution in [3.63, 3.8) is 0 Å². The molecule has 7 heteroatoms. The molecule has 0 aliphatic carbocycles. The van der Waals surface area contributed by atoms with E-state index in [0.29, 0.717) is 19.2 Å². The van der Waals surface area contributed by atoms with Crippen molar-refractivity contribution in [2.75, 3.05) is 11.9 Å². The molecule has 2 heterocycles. The van der Waals surface area contributed by atoms with Crippen LogP contribution in [-0.4, -0.2) is 27.6 Å². The van der Waals surface area contributed by atoms with Crippen LogP contribution >= 0.6 is 11.3 Å². The zero-order valence-electron chi connectivity index (χ0n) is 14.2. The van der Waals surface area contributed by atoms with Gasteiger partial charge in [0, 0.05) is 43.4 Å². The monoisotopic (exact) mass is 408 g/mol. The summed E-state index contributed by atoms with van der Waals surface area (Å²) in [6.45, 7) is 9.29. The molecule has 123 valence electrons. The van der Waals surface area contributed by atoms with Gasteiger partial charge in [-0.2, -0.15) is 18.8 Å². The maximum Gasteiger partial charge on any atom is 0.223 e.